The maximum atomic E-state index is 13.5. The molecule has 10 heteroatoms. The Labute approximate surface area is 500 Å². The third kappa shape index (κ3) is 61.3. The summed E-state index contributed by atoms with van der Waals surface area (Å²) >= 11 is 0. The largest absolute Gasteiger partial charge is 0.756 e. The summed E-state index contributed by atoms with van der Waals surface area (Å²) in [5, 5.41) is 3.03. The molecule has 3 atom stereocenters. The highest BCUT2D eigenvalue weighted by molar-refractivity contribution is 7.45. The van der Waals surface area contributed by atoms with Crippen molar-refractivity contribution in [3.8, 4) is 0 Å². The maximum absolute atomic E-state index is 13.5. The Kier molecular flexibility index (Phi) is 57.8. The smallest absolute Gasteiger partial charge is 0.306 e. The van der Waals surface area contributed by atoms with Crippen molar-refractivity contribution in [2.75, 3.05) is 40.9 Å². The third-order valence-electron chi connectivity index (χ3n) is 14.5. The summed E-state index contributed by atoms with van der Waals surface area (Å²) in [6, 6.07) is -0.901. The van der Waals surface area contributed by atoms with E-state index < -0.39 is 26.6 Å². The van der Waals surface area contributed by atoms with Crippen molar-refractivity contribution in [2.24, 2.45) is 0 Å². The van der Waals surface area contributed by atoms with Gasteiger partial charge in [0.05, 0.1) is 33.8 Å². The molecular weight excluding hydrogens is 1020 g/mol. The summed E-state index contributed by atoms with van der Waals surface area (Å²) in [5.41, 5.74) is 0. The summed E-state index contributed by atoms with van der Waals surface area (Å²) in [6.07, 6.45) is 80.9. The number of carbonyl (C=O) groups is 2. The van der Waals surface area contributed by atoms with E-state index in [1.54, 1.807) is 0 Å². The first kappa shape index (κ1) is 77.9. The number of allylic oxidation sites excluding steroid dienone is 15. The van der Waals surface area contributed by atoms with Gasteiger partial charge < -0.3 is 28.5 Å². The van der Waals surface area contributed by atoms with Crippen LogP contribution in [0.1, 0.15) is 290 Å². The monoisotopic (exact) mass is 1150 g/mol. The Morgan fingerprint density at radius 2 is 0.827 bits per heavy atom. The van der Waals surface area contributed by atoms with E-state index in [1.165, 1.54) is 128 Å². The molecule has 0 bridgehead atoms. The Bertz CT molecular complexity index is 1710. The van der Waals surface area contributed by atoms with Crippen LogP contribution < -0.4 is 10.2 Å². The minimum absolute atomic E-state index is 0.0285. The van der Waals surface area contributed by atoms with Crippen LogP contribution in [0.2, 0.25) is 0 Å². The molecule has 1 N–H and O–H groups in total. The van der Waals surface area contributed by atoms with Gasteiger partial charge in [0, 0.05) is 12.8 Å². The normalized spacial score (nSPS) is 14.2. The van der Waals surface area contributed by atoms with Crippen LogP contribution >= 0.6 is 7.82 Å². The van der Waals surface area contributed by atoms with Crippen molar-refractivity contribution in [1.82, 2.24) is 5.32 Å². The molecule has 81 heavy (non-hydrogen) atoms. The van der Waals surface area contributed by atoms with Crippen LogP contribution in [-0.4, -0.2) is 69.4 Å². The second-order valence-electron chi connectivity index (χ2n) is 23.6. The van der Waals surface area contributed by atoms with E-state index >= 15 is 0 Å². The first-order chi connectivity index (χ1) is 39.4. The molecule has 1 amide bonds. The molecule has 0 radical (unpaired) electrons. The van der Waals surface area contributed by atoms with E-state index in [0.717, 1.165) is 128 Å². The van der Waals surface area contributed by atoms with Gasteiger partial charge in [0.1, 0.15) is 19.3 Å². The van der Waals surface area contributed by atoms with Gasteiger partial charge >= 0.3 is 5.97 Å². The standard InChI is InChI=1S/C71H127N2O7P/c1-7-10-13-16-19-22-25-28-30-31-32-33-34-35-36-37-38-39-40-41-43-46-49-52-55-58-61-64-71(75)80-69(62-59-56-53-50-47-44-27-24-21-18-15-12-9-3)68(67-79-81(76,77)78-66-65-73(4,5)6)72-70(74)63-60-57-54-51-48-45-42-29-26-23-20-17-14-11-8-2/h10,13,19-20,22-23,26,28-30,32-33,35-36,59,62,68-69H,7-9,11-12,14-18,21,24-25,27,31,34,37-58,60-61,63-67H2,1-6H3,(H-,72,74,76,77)/b13-10-,22-19-,23-20+,29-26+,30-28-,33-32-,36-35-,62-59-. The molecule has 0 aromatic heterocycles. The number of nitrogens with one attached hydrogen (secondary N) is 1. The number of unbranched alkanes of at least 4 members (excludes halogenated alkanes) is 31. The van der Waals surface area contributed by atoms with Crippen molar-refractivity contribution in [2.45, 2.75) is 303 Å². The predicted octanol–water partition coefficient (Wildman–Crippen LogP) is 20.5. The summed E-state index contributed by atoms with van der Waals surface area (Å²) in [4.78, 5) is 40.1. The van der Waals surface area contributed by atoms with Gasteiger partial charge in [-0.25, -0.2) is 0 Å². The predicted molar refractivity (Wildman–Crippen MR) is 348 cm³/mol. The minimum Gasteiger partial charge on any atom is -0.756 e. The molecule has 0 heterocycles. The Morgan fingerprint density at radius 3 is 1.28 bits per heavy atom. The highest BCUT2D eigenvalue weighted by atomic mass is 31.2. The fourth-order valence-electron chi connectivity index (χ4n) is 9.36. The fourth-order valence-corrected chi connectivity index (χ4v) is 10.1. The zero-order chi connectivity index (χ0) is 59.3. The lowest BCUT2D eigenvalue weighted by Gasteiger charge is -2.30. The molecule has 0 aliphatic carbocycles. The number of likely N-dealkylation sites (N-methyl/N-ethyl adjacent to an activating group) is 1. The van der Waals surface area contributed by atoms with Crippen LogP contribution in [0.4, 0.5) is 0 Å². The van der Waals surface area contributed by atoms with Gasteiger partial charge in [-0.2, -0.15) is 0 Å². The van der Waals surface area contributed by atoms with Crippen molar-refractivity contribution in [3.05, 3.63) is 97.2 Å². The van der Waals surface area contributed by atoms with Crippen molar-refractivity contribution in [1.29, 1.82) is 0 Å². The van der Waals surface area contributed by atoms with Crippen LogP contribution in [-0.2, 0) is 27.9 Å². The van der Waals surface area contributed by atoms with Crippen molar-refractivity contribution >= 4 is 19.7 Å². The zero-order valence-electron chi connectivity index (χ0n) is 53.5. The maximum Gasteiger partial charge on any atom is 0.306 e. The summed E-state index contributed by atoms with van der Waals surface area (Å²) in [5.74, 6) is -0.556. The van der Waals surface area contributed by atoms with E-state index in [2.05, 4.69) is 111 Å². The highest BCUT2D eigenvalue weighted by Gasteiger charge is 2.27. The molecule has 0 aromatic rings. The van der Waals surface area contributed by atoms with E-state index in [4.69, 9.17) is 13.8 Å². The van der Waals surface area contributed by atoms with E-state index in [-0.39, 0.29) is 24.9 Å². The van der Waals surface area contributed by atoms with Gasteiger partial charge in [-0.15, -0.1) is 0 Å². The number of carbonyl (C=O) groups excluding carboxylic acids is 2. The van der Waals surface area contributed by atoms with Crippen LogP contribution in [0.15, 0.2) is 97.2 Å². The van der Waals surface area contributed by atoms with Gasteiger partial charge in [-0.05, 0) is 102 Å². The molecule has 0 saturated heterocycles. The first-order valence-electron chi connectivity index (χ1n) is 33.6. The topological polar surface area (TPSA) is 114 Å². The van der Waals surface area contributed by atoms with Crippen LogP contribution in [0.5, 0.6) is 0 Å². The van der Waals surface area contributed by atoms with E-state index in [0.29, 0.717) is 17.4 Å². The molecule has 0 aromatic carbocycles. The number of quaternary nitrogens is 1. The first-order valence-corrected chi connectivity index (χ1v) is 35.0. The second-order valence-corrected chi connectivity index (χ2v) is 25.0. The van der Waals surface area contributed by atoms with Gasteiger partial charge in [-0.1, -0.05) is 272 Å². The average molecular weight is 1150 g/mol. The number of rotatable bonds is 60. The number of hydrogen-bond acceptors (Lipinski definition) is 7. The van der Waals surface area contributed by atoms with Gasteiger partial charge in [0.25, 0.3) is 7.82 Å². The molecule has 0 fully saturated rings. The Balaban J connectivity index is 5.12. The number of phosphoric ester groups is 1. The highest BCUT2D eigenvalue weighted by Crippen LogP contribution is 2.38. The quantitative estimate of drug-likeness (QED) is 0.0161. The van der Waals surface area contributed by atoms with Crippen LogP contribution in [0, 0.1) is 0 Å². The Morgan fingerprint density at radius 1 is 0.457 bits per heavy atom. The van der Waals surface area contributed by atoms with Crippen molar-refractivity contribution in [3.63, 3.8) is 0 Å². The molecule has 0 aliphatic heterocycles. The molecule has 0 aliphatic rings. The lowest BCUT2D eigenvalue weighted by atomic mass is 10.0. The zero-order valence-corrected chi connectivity index (χ0v) is 54.4. The second kappa shape index (κ2) is 60.1. The number of amides is 1. The number of phosphoric acid groups is 1. The number of nitrogens with zero attached hydrogens (tertiary/aromatic N) is 1. The number of hydrogen-bond donors (Lipinski definition) is 1. The van der Waals surface area contributed by atoms with Crippen LogP contribution in [0.3, 0.4) is 0 Å². The summed E-state index contributed by atoms with van der Waals surface area (Å²) in [6.45, 7) is 6.70. The lowest BCUT2D eigenvalue weighted by molar-refractivity contribution is -0.870. The van der Waals surface area contributed by atoms with Crippen LogP contribution in [0.25, 0.3) is 0 Å². The number of ether oxygens (including phenoxy) is 1. The SMILES string of the molecule is CC/C=C\C/C=C\C/C=C\C/C=C\C/C=C\CCCCCCCCCCCCCC(=O)OC(/C=C\CCCCCCCCCCCCC)C(COP(=O)([O-])OCC[N+](C)(C)C)NC(=O)CCCCCCCC/C=C/C=C/CCCCC. The van der Waals surface area contributed by atoms with Gasteiger partial charge in [0.2, 0.25) is 5.91 Å². The molecule has 3 unspecified atom stereocenters. The van der Waals surface area contributed by atoms with E-state index in [1.807, 2.05) is 33.3 Å². The lowest BCUT2D eigenvalue weighted by Crippen LogP contribution is -2.47. The molecule has 0 saturated carbocycles. The van der Waals surface area contributed by atoms with Crippen molar-refractivity contribution < 1.29 is 37.3 Å². The summed E-state index contributed by atoms with van der Waals surface area (Å²) in [7, 11) is 1.17. The third-order valence-corrected chi connectivity index (χ3v) is 15.5. The Hall–Kier alpha value is -3.07. The van der Waals surface area contributed by atoms with Gasteiger partial charge in [0.15, 0.2) is 0 Å². The average Bonchev–Trinajstić information content (AvgIpc) is 3.44. The molecule has 9 nitrogen and oxygen atoms in total. The minimum atomic E-state index is -4.71. The molecule has 0 rings (SSSR count). The number of esters is 1. The van der Waals surface area contributed by atoms with Gasteiger partial charge in [-0.3, -0.25) is 14.2 Å². The molecular formula is C71H127N2O7P. The fraction of sp³-hybridized carbons (Fsp3) is 0.746. The molecule has 0 spiro atoms. The summed E-state index contributed by atoms with van der Waals surface area (Å²) < 4.78 is 30.4. The molecule has 468 valence electrons. The van der Waals surface area contributed by atoms with E-state index in [9.17, 15) is 19.0 Å².